The molecule has 58 heavy (non-hydrogen) atoms. The Hall–Kier alpha value is -5.77. The van der Waals surface area contributed by atoms with E-state index in [0.717, 1.165) is 49.9 Å². The lowest BCUT2D eigenvalue weighted by Gasteiger charge is -2.11. The summed E-state index contributed by atoms with van der Waals surface area (Å²) in [6.07, 6.45) is 5.39. The number of esters is 2. The molecule has 0 amide bonds. The molecule has 9 heteroatoms. The number of fused-ring (bicyclic) bond motifs is 1. The lowest BCUT2D eigenvalue weighted by atomic mass is 10.0. The second-order valence-electron chi connectivity index (χ2n) is 13.9. The molecule has 0 saturated carbocycles. The third-order valence-corrected chi connectivity index (χ3v) is 11.6. The molecule has 0 radical (unpaired) electrons. The van der Waals surface area contributed by atoms with Crippen LogP contribution in [-0.4, -0.2) is 42.8 Å². The van der Waals surface area contributed by atoms with E-state index in [1.165, 1.54) is 27.8 Å². The fraction of sp³-hybridized carbons (Fsp3) is 0.224. The van der Waals surface area contributed by atoms with Gasteiger partial charge in [0.05, 0.1) is 30.0 Å². The third-order valence-electron chi connectivity index (χ3n) is 9.27. The SMILES string of the molecule is C=C(C)C(=O)OCCCOc1ccc(-c2ccc(CCC(=O)Oc3ccc(-c4ccc(SCCCC)cc4)cc3/C=N/N=C(\C)c3cc4ccccc4s3)cc2)cc1. The number of rotatable bonds is 19. The molecule has 0 bridgehead atoms. The Morgan fingerprint density at radius 2 is 1.48 bits per heavy atom. The normalized spacial score (nSPS) is 11.5. The average Bonchev–Trinajstić information content (AvgIpc) is 3.69. The van der Waals surface area contributed by atoms with Crippen LogP contribution in [0.4, 0.5) is 0 Å². The van der Waals surface area contributed by atoms with Crippen LogP contribution in [0, 0.1) is 0 Å². The van der Waals surface area contributed by atoms with E-state index < -0.39 is 0 Å². The summed E-state index contributed by atoms with van der Waals surface area (Å²) in [5, 5.41) is 10.2. The number of hydrogen-bond acceptors (Lipinski definition) is 9. The lowest BCUT2D eigenvalue weighted by molar-refractivity contribution is -0.139. The van der Waals surface area contributed by atoms with Gasteiger partial charge in [-0.25, -0.2) is 4.79 Å². The van der Waals surface area contributed by atoms with Crippen LogP contribution in [0.1, 0.15) is 62.5 Å². The third kappa shape index (κ3) is 12.1. The zero-order valence-electron chi connectivity index (χ0n) is 33.2. The number of benzene rings is 5. The van der Waals surface area contributed by atoms with E-state index >= 15 is 0 Å². The van der Waals surface area contributed by atoms with Gasteiger partial charge in [0.15, 0.2) is 0 Å². The lowest BCUT2D eigenvalue weighted by Crippen LogP contribution is -2.10. The Balaban J connectivity index is 1.08. The van der Waals surface area contributed by atoms with E-state index in [9.17, 15) is 9.59 Å². The van der Waals surface area contributed by atoms with Crippen molar-refractivity contribution < 1.29 is 23.8 Å². The molecular weight excluding hydrogens is 761 g/mol. The number of carbonyl (C=O) groups is 2. The van der Waals surface area contributed by atoms with Crippen molar-refractivity contribution in [2.24, 2.45) is 10.2 Å². The molecule has 0 unspecified atom stereocenters. The van der Waals surface area contributed by atoms with E-state index in [2.05, 4.69) is 78.3 Å². The Labute approximate surface area is 349 Å². The molecule has 296 valence electrons. The Morgan fingerprint density at radius 1 is 0.793 bits per heavy atom. The smallest absolute Gasteiger partial charge is 0.333 e. The zero-order valence-corrected chi connectivity index (χ0v) is 34.9. The Bertz CT molecular complexity index is 2350. The van der Waals surface area contributed by atoms with Crippen LogP contribution in [0.25, 0.3) is 32.3 Å². The molecule has 1 heterocycles. The van der Waals surface area contributed by atoms with Gasteiger partial charge in [0.2, 0.25) is 0 Å². The standard InChI is InChI=1S/C49H48N2O5S2/c1-5-6-30-57-44-24-19-39(20-25-44)40-21-26-45(42(31-40)33-50-51-35(4)47-32-41-10-7-8-11-46(41)58-47)56-48(52)27-14-36-12-15-37(16-13-36)38-17-22-43(23-18-38)54-28-9-29-55-49(53)34(2)3/h7-8,10-13,15-26,31-33H,2,5-6,9,14,27-30H2,1,3-4H3/b50-33+,51-35+. The van der Waals surface area contributed by atoms with Gasteiger partial charge in [-0.3, -0.25) is 4.79 Å². The number of nitrogens with zero attached hydrogens (tertiary/aromatic N) is 2. The molecule has 0 N–H and O–H groups in total. The van der Waals surface area contributed by atoms with Crippen LogP contribution in [-0.2, 0) is 20.7 Å². The zero-order chi connectivity index (χ0) is 40.7. The number of ether oxygens (including phenoxy) is 3. The first-order valence-corrected chi connectivity index (χ1v) is 21.4. The van der Waals surface area contributed by atoms with Gasteiger partial charge in [-0.05, 0) is 114 Å². The molecule has 0 aliphatic carbocycles. The molecule has 5 aromatic carbocycles. The molecule has 0 saturated heterocycles. The molecule has 0 aliphatic rings. The minimum Gasteiger partial charge on any atom is -0.493 e. The number of hydrogen-bond donors (Lipinski definition) is 0. The number of thioether (sulfide) groups is 1. The van der Waals surface area contributed by atoms with Crippen LogP contribution >= 0.6 is 23.1 Å². The van der Waals surface area contributed by atoms with E-state index in [0.29, 0.717) is 36.3 Å². The highest BCUT2D eigenvalue weighted by Crippen LogP contribution is 2.30. The summed E-state index contributed by atoms with van der Waals surface area (Å²) < 4.78 is 18.1. The van der Waals surface area contributed by atoms with Crippen LogP contribution in [0.15, 0.2) is 149 Å². The van der Waals surface area contributed by atoms with Crippen LogP contribution in [0.3, 0.4) is 0 Å². The number of unbranched alkanes of at least 4 members (excludes halogenated alkanes) is 1. The maximum absolute atomic E-state index is 13.2. The highest BCUT2D eigenvalue weighted by molar-refractivity contribution is 7.99. The van der Waals surface area contributed by atoms with Gasteiger partial charge in [0.25, 0.3) is 0 Å². The van der Waals surface area contributed by atoms with Crippen molar-refractivity contribution in [1.82, 2.24) is 0 Å². The summed E-state index contributed by atoms with van der Waals surface area (Å²) >= 11 is 3.56. The molecule has 1 aromatic heterocycles. The number of aryl methyl sites for hydroxylation is 1. The first-order valence-electron chi connectivity index (χ1n) is 19.5. The Kier molecular flexibility index (Phi) is 15.2. The molecule has 0 fully saturated rings. The van der Waals surface area contributed by atoms with Crippen molar-refractivity contribution in [2.75, 3.05) is 19.0 Å². The molecule has 0 atom stereocenters. The topological polar surface area (TPSA) is 86.5 Å². The molecule has 6 rings (SSSR count). The van der Waals surface area contributed by atoms with Crippen LogP contribution in [0.5, 0.6) is 11.5 Å². The van der Waals surface area contributed by atoms with Gasteiger partial charge in [-0.1, -0.05) is 92.7 Å². The van der Waals surface area contributed by atoms with Crippen molar-refractivity contribution >= 4 is 57.0 Å². The van der Waals surface area contributed by atoms with Gasteiger partial charge >= 0.3 is 11.9 Å². The fourth-order valence-corrected chi connectivity index (χ4v) is 7.95. The van der Waals surface area contributed by atoms with E-state index in [1.54, 1.807) is 24.5 Å². The van der Waals surface area contributed by atoms with Crippen LogP contribution in [0.2, 0.25) is 0 Å². The fourth-order valence-electron chi connectivity index (χ4n) is 5.95. The monoisotopic (exact) mass is 808 g/mol. The summed E-state index contributed by atoms with van der Waals surface area (Å²) in [6, 6.07) is 40.9. The van der Waals surface area contributed by atoms with Gasteiger partial charge < -0.3 is 14.2 Å². The predicted octanol–water partition coefficient (Wildman–Crippen LogP) is 12.4. The summed E-state index contributed by atoms with van der Waals surface area (Å²) in [7, 11) is 0. The summed E-state index contributed by atoms with van der Waals surface area (Å²) in [4.78, 5) is 27.0. The Morgan fingerprint density at radius 3 is 2.21 bits per heavy atom. The molecule has 0 spiro atoms. The van der Waals surface area contributed by atoms with Crippen molar-refractivity contribution in [3.63, 3.8) is 0 Å². The van der Waals surface area contributed by atoms with Crippen molar-refractivity contribution in [2.45, 2.75) is 57.8 Å². The first-order chi connectivity index (χ1) is 28.2. The van der Waals surface area contributed by atoms with Crippen molar-refractivity contribution in [1.29, 1.82) is 0 Å². The van der Waals surface area contributed by atoms with Gasteiger partial charge in [0, 0.05) is 33.6 Å². The van der Waals surface area contributed by atoms with Crippen molar-refractivity contribution in [3.05, 3.63) is 149 Å². The number of thiophene rings is 1. The molecule has 6 aromatic rings. The minimum absolute atomic E-state index is 0.219. The summed E-state index contributed by atoms with van der Waals surface area (Å²) in [5.74, 6) is 1.58. The quantitative estimate of drug-likeness (QED) is 0.0154. The van der Waals surface area contributed by atoms with Crippen LogP contribution < -0.4 is 9.47 Å². The average molecular weight is 809 g/mol. The van der Waals surface area contributed by atoms with Gasteiger partial charge in [-0.2, -0.15) is 10.2 Å². The molecular formula is C49H48N2O5S2. The largest absolute Gasteiger partial charge is 0.493 e. The van der Waals surface area contributed by atoms with E-state index in [1.807, 2.05) is 85.4 Å². The molecule has 0 aliphatic heterocycles. The molecule has 7 nitrogen and oxygen atoms in total. The second-order valence-corrected chi connectivity index (χ2v) is 16.1. The van der Waals surface area contributed by atoms with Gasteiger partial charge in [0.1, 0.15) is 11.5 Å². The van der Waals surface area contributed by atoms with E-state index in [-0.39, 0.29) is 25.0 Å². The maximum atomic E-state index is 13.2. The predicted molar refractivity (Wildman–Crippen MR) is 241 cm³/mol. The summed E-state index contributed by atoms with van der Waals surface area (Å²) in [5.41, 5.74) is 7.08. The van der Waals surface area contributed by atoms with Crippen molar-refractivity contribution in [3.8, 4) is 33.8 Å². The maximum Gasteiger partial charge on any atom is 0.333 e. The summed E-state index contributed by atoms with van der Waals surface area (Å²) in [6.45, 7) is 10.1. The highest BCUT2D eigenvalue weighted by Gasteiger charge is 2.12. The van der Waals surface area contributed by atoms with Gasteiger partial charge in [-0.15, -0.1) is 23.1 Å². The first kappa shape index (κ1) is 41.9. The number of carbonyl (C=O) groups excluding carboxylic acids is 2. The minimum atomic E-state index is -0.387. The van der Waals surface area contributed by atoms with E-state index in [4.69, 9.17) is 14.2 Å². The second kappa shape index (κ2) is 21.1. The highest BCUT2D eigenvalue weighted by atomic mass is 32.2.